The fourth-order valence-electron chi connectivity index (χ4n) is 2.12. The Morgan fingerprint density at radius 3 is 2.45 bits per heavy atom. The largest absolute Gasteiger partial charge is 0.494 e. The van der Waals surface area contributed by atoms with Crippen LogP contribution in [0.25, 0.3) is 0 Å². The van der Waals surface area contributed by atoms with E-state index in [-0.39, 0.29) is 0 Å². The molecule has 0 atom stereocenters. The van der Waals surface area contributed by atoms with Crippen molar-refractivity contribution in [3.05, 3.63) is 29.8 Å². The molecule has 0 heterocycles. The summed E-state index contributed by atoms with van der Waals surface area (Å²) in [4.78, 5) is 0. The van der Waals surface area contributed by atoms with E-state index in [1.807, 2.05) is 0 Å². The number of benzene rings is 1. The molecule has 2 heteroatoms. The van der Waals surface area contributed by atoms with Crippen LogP contribution in [0.4, 0.5) is 0 Å². The molecule has 1 rings (SSSR count). The molecule has 0 fully saturated rings. The van der Waals surface area contributed by atoms with Crippen molar-refractivity contribution >= 4 is 0 Å². The number of nitrogens with one attached hydrogen (secondary N) is 1. The van der Waals surface area contributed by atoms with Crippen LogP contribution in [0.2, 0.25) is 0 Å². The van der Waals surface area contributed by atoms with Gasteiger partial charge in [-0.2, -0.15) is 0 Å². The standard InChI is InChI=1S/C18H31NO/c1-15(2)17-10-9-11-18(14-17)20-13-8-6-5-7-12-19-16(3)4/h9-11,14-16,19H,5-8,12-13H2,1-4H3. The highest BCUT2D eigenvalue weighted by molar-refractivity contribution is 5.30. The van der Waals surface area contributed by atoms with E-state index in [9.17, 15) is 0 Å². The molecule has 0 aliphatic carbocycles. The van der Waals surface area contributed by atoms with Crippen molar-refractivity contribution in [2.45, 2.75) is 65.3 Å². The lowest BCUT2D eigenvalue weighted by atomic mass is 10.0. The van der Waals surface area contributed by atoms with E-state index < -0.39 is 0 Å². The van der Waals surface area contributed by atoms with E-state index >= 15 is 0 Å². The summed E-state index contributed by atoms with van der Waals surface area (Å²) in [6.07, 6.45) is 4.95. The minimum atomic E-state index is 0.562. The van der Waals surface area contributed by atoms with E-state index in [4.69, 9.17) is 4.74 Å². The fourth-order valence-corrected chi connectivity index (χ4v) is 2.12. The Balaban J connectivity index is 2.08. The van der Waals surface area contributed by atoms with Crippen LogP contribution in [-0.2, 0) is 0 Å². The van der Waals surface area contributed by atoms with Gasteiger partial charge in [0, 0.05) is 6.04 Å². The summed E-state index contributed by atoms with van der Waals surface area (Å²) >= 11 is 0. The Labute approximate surface area is 124 Å². The van der Waals surface area contributed by atoms with E-state index in [0.29, 0.717) is 12.0 Å². The topological polar surface area (TPSA) is 21.3 Å². The highest BCUT2D eigenvalue weighted by Crippen LogP contribution is 2.20. The number of hydrogen-bond acceptors (Lipinski definition) is 2. The van der Waals surface area contributed by atoms with Crippen LogP contribution in [-0.4, -0.2) is 19.2 Å². The average Bonchev–Trinajstić information content (AvgIpc) is 2.41. The van der Waals surface area contributed by atoms with Gasteiger partial charge in [0.05, 0.1) is 6.61 Å². The van der Waals surface area contributed by atoms with Gasteiger partial charge in [0.2, 0.25) is 0 Å². The Bertz CT molecular complexity index is 360. The second-order valence-corrected chi connectivity index (χ2v) is 6.10. The van der Waals surface area contributed by atoms with E-state index in [0.717, 1.165) is 25.3 Å². The summed E-state index contributed by atoms with van der Waals surface area (Å²) in [6.45, 7) is 10.8. The second-order valence-electron chi connectivity index (χ2n) is 6.10. The van der Waals surface area contributed by atoms with Crippen LogP contribution >= 0.6 is 0 Å². The molecule has 0 saturated heterocycles. The van der Waals surface area contributed by atoms with Crippen molar-refractivity contribution in [2.75, 3.05) is 13.2 Å². The van der Waals surface area contributed by atoms with Gasteiger partial charge in [-0.3, -0.25) is 0 Å². The first kappa shape index (κ1) is 17.0. The van der Waals surface area contributed by atoms with Gasteiger partial charge in [0.25, 0.3) is 0 Å². The maximum absolute atomic E-state index is 5.83. The zero-order chi connectivity index (χ0) is 14.8. The van der Waals surface area contributed by atoms with Gasteiger partial charge in [0.1, 0.15) is 5.75 Å². The molecule has 0 saturated carbocycles. The highest BCUT2D eigenvalue weighted by Gasteiger charge is 2.01. The van der Waals surface area contributed by atoms with Gasteiger partial charge < -0.3 is 10.1 Å². The fraction of sp³-hybridized carbons (Fsp3) is 0.667. The van der Waals surface area contributed by atoms with Gasteiger partial charge in [-0.05, 0) is 43.0 Å². The molecule has 1 N–H and O–H groups in total. The maximum Gasteiger partial charge on any atom is 0.119 e. The number of hydrogen-bond donors (Lipinski definition) is 1. The molecule has 20 heavy (non-hydrogen) atoms. The first-order valence-electron chi connectivity index (χ1n) is 8.05. The highest BCUT2D eigenvalue weighted by atomic mass is 16.5. The number of ether oxygens (including phenoxy) is 1. The van der Waals surface area contributed by atoms with Crippen LogP contribution < -0.4 is 10.1 Å². The maximum atomic E-state index is 5.83. The van der Waals surface area contributed by atoms with Crippen molar-refractivity contribution in [3.8, 4) is 5.75 Å². The molecule has 1 aromatic rings. The van der Waals surface area contributed by atoms with Crippen molar-refractivity contribution in [1.29, 1.82) is 0 Å². The lowest BCUT2D eigenvalue weighted by Crippen LogP contribution is -2.23. The molecule has 0 unspecified atom stereocenters. The first-order valence-corrected chi connectivity index (χ1v) is 8.05. The smallest absolute Gasteiger partial charge is 0.119 e. The minimum absolute atomic E-state index is 0.562. The Hall–Kier alpha value is -1.02. The summed E-state index contributed by atoms with van der Waals surface area (Å²) in [5.41, 5.74) is 1.35. The quantitative estimate of drug-likeness (QED) is 0.623. The molecule has 0 amide bonds. The van der Waals surface area contributed by atoms with Gasteiger partial charge in [0.15, 0.2) is 0 Å². The van der Waals surface area contributed by atoms with Crippen LogP contribution in [0, 0.1) is 0 Å². The summed E-state index contributed by atoms with van der Waals surface area (Å²) in [5.74, 6) is 1.57. The van der Waals surface area contributed by atoms with E-state index in [1.54, 1.807) is 0 Å². The van der Waals surface area contributed by atoms with Gasteiger partial charge in [-0.25, -0.2) is 0 Å². The molecule has 1 aromatic carbocycles. The summed E-state index contributed by atoms with van der Waals surface area (Å²) in [5, 5.41) is 3.45. The minimum Gasteiger partial charge on any atom is -0.494 e. The third kappa shape index (κ3) is 7.54. The zero-order valence-electron chi connectivity index (χ0n) is 13.6. The zero-order valence-corrected chi connectivity index (χ0v) is 13.6. The van der Waals surface area contributed by atoms with E-state index in [2.05, 4.69) is 57.3 Å². The molecule has 0 radical (unpaired) electrons. The first-order chi connectivity index (χ1) is 9.59. The molecule has 0 aliphatic heterocycles. The molecule has 2 nitrogen and oxygen atoms in total. The van der Waals surface area contributed by atoms with Crippen molar-refractivity contribution in [3.63, 3.8) is 0 Å². The Morgan fingerprint density at radius 2 is 1.75 bits per heavy atom. The summed E-state index contributed by atoms with van der Waals surface area (Å²) in [6, 6.07) is 9.07. The molecule has 0 bridgehead atoms. The van der Waals surface area contributed by atoms with Crippen LogP contribution in [0.15, 0.2) is 24.3 Å². The molecule has 0 aromatic heterocycles. The van der Waals surface area contributed by atoms with Crippen LogP contribution in [0.1, 0.15) is 64.9 Å². The second kappa shape index (κ2) is 9.82. The average molecular weight is 277 g/mol. The predicted octanol–water partition coefficient (Wildman–Crippen LogP) is 4.75. The van der Waals surface area contributed by atoms with E-state index in [1.165, 1.54) is 24.8 Å². The SMILES string of the molecule is CC(C)NCCCCCCOc1cccc(C(C)C)c1. The van der Waals surface area contributed by atoms with Crippen LogP contribution in [0.5, 0.6) is 5.75 Å². The lowest BCUT2D eigenvalue weighted by Gasteiger charge is -2.10. The lowest BCUT2D eigenvalue weighted by molar-refractivity contribution is 0.304. The van der Waals surface area contributed by atoms with Gasteiger partial charge in [-0.1, -0.05) is 52.7 Å². The molecular weight excluding hydrogens is 246 g/mol. The third-order valence-electron chi connectivity index (χ3n) is 3.42. The molecule has 0 aliphatic rings. The molecule has 114 valence electrons. The monoisotopic (exact) mass is 277 g/mol. The Kier molecular flexibility index (Phi) is 8.36. The number of rotatable bonds is 10. The van der Waals surface area contributed by atoms with Crippen molar-refractivity contribution < 1.29 is 4.74 Å². The molecule has 0 spiro atoms. The Morgan fingerprint density at radius 1 is 1.00 bits per heavy atom. The third-order valence-corrected chi connectivity index (χ3v) is 3.42. The molecular formula is C18H31NO. The van der Waals surface area contributed by atoms with Crippen LogP contribution in [0.3, 0.4) is 0 Å². The predicted molar refractivity (Wildman–Crippen MR) is 87.6 cm³/mol. The van der Waals surface area contributed by atoms with Gasteiger partial charge >= 0.3 is 0 Å². The van der Waals surface area contributed by atoms with Crippen molar-refractivity contribution in [2.24, 2.45) is 0 Å². The number of unbranched alkanes of at least 4 members (excludes halogenated alkanes) is 3. The normalized spacial score (nSPS) is 11.3. The van der Waals surface area contributed by atoms with Gasteiger partial charge in [-0.15, -0.1) is 0 Å². The summed E-state index contributed by atoms with van der Waals surface area (Å²) < 4.78 is 5.83. The summed E-state index contributed by atoms with van der Waals surface area (Å²) in [7, 11) is 0. The van der Waals surface area contributed by atoms with Crippen molar-refractivity contribution in [1.82, 2.24) is 5.32 Å².